The molecule has 0 bridgehead atoms. The number of ether oxygens (including phenoxy) is 1. The molecule has 1 aliphatic rings. The van der Waals surface area contributed by atoms with Gasteiger partial charge in [-0.2, -0.15) is 0 Å². The molecule has 25 heavy (non-hydrogen) atoms. The van der Waals surface area contributed by atoms with Gasteiger partial charge in [0.25, 0.3) is 10.0 Å². The van der Waals surface area contributed by atoms with E-state index in [9.17, 15) is 8.42 Å². The topological polar surface area (TPSA) is 58.6 Å². The molecule has 1 heterocycles. The monoisotopic (exact) mass is 360 g/mol. The summed E-state index contributed by atoms with van der Waals surface area (Å²) in [7, 11) is -2.07. The van der Waals surface area contributed by atoms with Crippen LogP contribution in [0.3, 0.4) is 0 Å². The van der Waals surface area contributed by atoms with Crippen LogP contribution in [-0.4, -0.2) is 28.6 Å². The van der Waals surface area contributed by atoms with Crippen LogP contribution in [0.4, 0.5) is 11.4 Å². The zero-order valence-electron chi connectivity index (χ0n) is 14.7. The summed E-state index contributed by atoms with van der Waals surface area (Å²) in [6.45, 7) is 3.89. The first-order valence-corrected chi connectivity index (χ1v) is 10.0. The lowest BCUT2D eigenvalue weighted by Crippen LogP contribution is -2.29. The molecule has 0 saturated carbocycles. The number of rotatable bonds is 5. The van der Waals surface area contributed by atoms with Crippen molar-refractivity contribution in [2.24, 2.45) is 0 Å². The second-order valence-electron chi connectivity index (χ2n) is 6.33. The lowest BCUT2D eigenvalue weighted by atomic mass is 10.1. The normalized spacial score (nSPS) is 15.0. The summed E-state index contributed by atoms with van der Waals surface area (Å²) >= 11 is 0. The van der Waals surface area contributed by atoms with Gasteiger partial charge in [0, 0.05) is 24.5 Å². The van der Waals surface area contributed by atoms with Crippen molar-refractivity contribution in [3.05, 3.63) is 48.0 Å². The first-order valence-electron chi connectivity index (χ1n) is 8.52. The number of sulfonamides is 1. The van der Waals surface area contributed by atoms with E-state index >= 15 is 0 Å². The Morgan fingerprint density at radius 3 is 2.28 bits per heavy atom. The largest absolute Gasteiger partial charge is 0.497 e. The van der Waals surface area contributed by atoms with Crippen LogP contribution in [0.5, 0.6) is 5.75 Å². The maximum atomic E-state index is 12.6. The third-order valence-electron chi connectivity index (χ3n) is 4.51. The molecule has 1 N–H and O–H groups in total. The number of anilines is 2. The second kappa shape index (κ2) is 7.35. The van der Waals surface area contributed by atoms with Crippen LogP contribution >= 0.6 is 0 Å². The number of methoxy groups -OCH3 is 1. The molecule has 2 aromatic carbocycles. The predicted octanol–water partition coefficient (Wildman–Crippen LogP) is 3.79. The van der Waals surface area contributed by atoms with E-state index in [1.807, 2.05) is 24.3 Å². The molecule has 0 spiro atoms. The van der Waals surface area contributed by atoms with E-state index in [2.05, 4.69) is 9.62 Å². The Kier molecular flexibility index (Phi) is 5.18. The van der Waals surface area contributed by atoms with Crippen LogP contribution in [-0.2, 0) is 10.0 Å². The molecule has 0 atom stereocenters. The van der Waals surface area contributed by atoms with Crippen LogP contribution in [0.1, 0.15) is 24.8 Å². The summed E-state index contributed by atoms with van der Waals surface area (Å²) < 4.78 is 33.1. The van der Waals surface area contributed by atoms with Crippen molar-refractivity contribution < 1.29 is 13.2 Å². The highest BCUT2D eigenvalue weighted by atomic mass is 32.2. The van der Waals surface area contributed by atoms with Gasteiger partial charge in [-0.25, -0.2) is 8.42 Å². The smallest absolute Gasteiger partial charge is 0.262 e. The zero-order chi connectivity index (χ0) is 17.9. The number of hydrogen-bond acceptors (Lipinski definition) is 4. The molecule has 0 aliphatic carbocycles. The minimum absolute atomic E-state index is 0.258. The Hall–Kier alpha value is -2.21. The highest BCUT2D eigenvalue weighted by Gasteiger charge is 2.18. The van der Waals surface area contributed by atoms with Crippen LogP contribution in [0.2, 0.25) is 0 Å². The van der Waals surface area contributed by atoms with Gasteiger partial charge >= 0.3 is 0 Å². The summed E-state index contributed by atoms with van der Waals surface area (Å²) in [6, 6.07) is 12.5. The Balaban J connectivity index is 1.76. The molecular weight excluding hydrogens is 336 g/mol. The minimum Gasteiger partial charge on any atom is -0.497 e. The molecule has 1 saturated heterocycles. The Morgan fingerprint density at radius 2 is 1.68 bits per heavy atom. The fourth-order valence-electron chi connectivity index (χ4n) is 3.15. The number of nitrogens with zero attached hydrogens (tertiary/aromatic N) is 1. The van der Waals surface area contributed by atoms with Gasteiger partial charge < -0.3 is 9.64 Å². The number of aryl methyl sites for hydroxylation is 1. The van der Waals surface area contributed by atoms with Gasteiger partial charge in [-0.15, -0.1) is 0 Å². The van der Waals surface area contributed by atoms with Gasteiger partial charge in [0.1, 0.15) is 5.75 Å². The van der Waals surface area contributed by atoms with Crippen molar-refractivity contribution in [1.82, 2.24) is 0 Å². The lowest BCUT2D eigenvalue weighted by molar-refractivity contribution is 0.414. The SMILES string of the molecule is COc1ccc(S(=O)(=O)Nc2ccc(N3CCCCC3)cc2)c(C)c1. The van der Waals surface area contributed by atoms with Gasteiger partial charge in [-0.1, -0.05) is 0 Å². The van der Waals surface area contributed by atoms with Gasteiger partial charge in [-0.3, -0.25) is 4.72 Å². The summed E-state index contributed by atoms with van der Waals surface area (Å²) in [5.74, 6) is 0.641. The highest BCUT2D eigenvalue weighted by Crippen LogP contribution is 2.25. The number of benzene rings is 2. The van der Waals surface area contributed by atoms with Gasteiger partial charge in [0.05, 0.1) is 12.0 Å². The highest BCUT2D eigenvalue weighted by molar-refractivity contribution is 7.92. The van der Waals surface area contributed by atoms with Gasteiger partial charge in [-0.05, 0) is 74.2 Å². The van der Waals surface area contributed by atoms with Crippen molar-refractivity contribution in [2.45, 2.75) is 31.1 Å². The van der Waals surface area contributed by atoms with Gasteiger partial charge in [0.2, 0.25) is 0 Å². The molecule has 6 heteroatoms. The van der Waals surface area contributed by atoms with Crippen LogP contribution in [0.25, 0.3) is 0 Å². The third-order valence-corrected chi connectivity index (χ3v) is 6.05. The Labute approximate surface area is 149 Å². The van der Waals surface area contributed by atoms with E-state index in [0.29, 0.717) is 17.0 Å². The van der Waals surface area contributed by atoms with Crippen LogP contribution < -0.4 is 14.4 Å². The molecule has 2 aromatic rings. The maximum absolute atomic E-state index is 12.6. The van der Waals surface area contributed by atoms with Crippen molar-refractivity contribution in [3.8, 4) is 5.75 Å². The van der Waals surface area contributed by atoms with E-state index in [-0.39, 0.29) is 4.90 Å². The average molecular weight is 360 g/mol. The standard InChI is InChI=1S/C19H24N2O3S/c1-15-14-18(24-2)10-11-19(15)25(22,23)20-16-6-8-17(9-7-16)21-12-4-3-5-13-21/h6-11,14,20H,3-5,12-13H2,1-2H3. The third kappa shape index (κ3) is 4.07. The van der Waals surface area contributed by atoms with Crippen molar-refractivity contribution in [3.63, 3.8) is 0 Å². The van der Waals surface area contributed by atoms with E-state index < -0.39 is 10.0 Å². The molecule has 0 aromatic heterocycles. The summed E-state index contributed by atoms with van der Waals surface area (Å²) in [4.78, 5) is 2.60. The lowest BCUT2D eigenvalue weighted by Gasteiger charge is -2.28. The minimum atomic E-state index is -3.63. The number of hydrogen-bond donors (Lipinski definition) is 1. The average Bonchev–Trinajstić information content (AvgIpc) is 2.62. The first kappa shape index (κ1) is 17.6. The molecule has 3 rings (SSSR count). The van der Waals surface area contributed by atoms with Crippen molar-refractivity contribution >= 4 is 21.4 Å². The van der Waals surface area contributed by atoms with Gasteiger partial charge in [0.15, 0.2) is 0 Å². The quantitative estimate of drug-likeness (QED) is 0.881. The van der Waals surface area contributed by atoms with E-state index in [1.54, 1.807) is 32.2 Å². The molecule has 0 unspecified atom stereocenters. The van der Waals surface area contributed by atoms with E-state index in [0.717, 1.165) is 18.8 Å². The second-order valence-corrected chi connectivity index (χ2v) is 7.98. The molecule has 0 radical (unpaired) electrons. The van der Waals surface area contributed by atoms with Crippen molar-refractivity contribution in [2.75, 3.05) is 29.8 Å². The molecule has 5 nitrogen and oxygen atoms in total. The summed E-state index contributed by atoms with van der Waals surface area (Å²) in [6.07, 6.45) is 3.71. The van der Waals surface area contributed by atoms with Crippen LogP contribution in [0.15, 0.2) is 47.4 Å². The molecule has 0 amide bonds. The molecular formula is C19H24N2O3S. The Morgan fingerprint density at radius 1 is 1.00 bits per heavy atom. The maximum Gasteiger partial charge on any atom is 0.262 e. The first-order chi connectivity index (χ1) is 12.0. The fourth-order valence-corrected chi connectivity index (χ4v) is 4.44. The number of nitrogens with one attached hydrogen (secondary N) is 1. The summed E-state index contributed by atoms with van der Waals surface area (Å²) in [5, 5.41) is 0. The predicted molar refractivity (Wildman–Crippen MR) is 101 cm³/mol. The molecule has 1 aliphatic heterocycles. The van der Waals surface area contributed by atoms with E-state index in [1.165, 1.54) is 19.3 Å². The zero-order valence-corrected chi connectivity index (χ0v) is 15.5. The number of piperidine rings is 1. The van der Waals surface area contributed by atoms with Crippen molar-refractivity contribution in [1.29, 1.82) is 0 Å². The van der Waals surface area contributed by atoms with Crippen LogP contribution in [0, 0.1) is 6.92 Å². The molecule has 1 fully saturated rings. The van der Waals surface area contributed by atoms with E-state index in [4.69, 9.17) is 4.74 Å². The summed E-state index contributed by atoms with van der Waals surface area (Å²) in [5.41, 5.74) is 2.36. The molecule has 134 valence electrons. The Bertz CT molecular complexity index is 826. The fraction of sp³-hybridized carbons (Fsp3) is 0.368.